The lowest BCUT2D eigenvalue weighted by Gasteiger charge is -2.16. The van der Waals surface area contributed by atoms with Gasteiger partial charge in [-0.05, 0) is 38.5 Å². The van der Waals surface area contributed by atoms with Crippen molar-refractivity contribution in [1.82, 2.24) is 5.32 Å². The summed E-state index contributed by atoms with van der Waals surface area (Å²) < 4.78 is 0. The van der Waals surface area contributed by atoms with E-state index in [-0.39, 0.29) is 17.2 Å². The summed E-state index contributed by atoms with van der Waals surface area (Å²) in [5.74, 6) is -1.56. The first-order valence-electron chi connectivity index (χ1n) is 5.90. The summed E-state index contributed by atoms with van der Waals surface area (Å²) in [6.07, 6.45) is 0. The third-order valence-corrected chi connectivity index (χ3v) is 3.56. The molecule has 0 bridgehead atoms. The number of carboxylic acids is 1. The number of aliphatic carboxylic acids is 1. The van der Waals surface area contributed by atoms with Gasteiger partial charge in [-0.3, -0.25) is 4.79 Å². The maximum atomic E-state index is 11.9. The van der Waals surface area contributed by atoms with E-state index in [2.05, 4.69) is 5.32 Å². The highest BCUT2D eigenvalue weighted by molar-refractivity contribution is 6.35. The van der Waals surface area contributed by atoms with Crippen molar-refractivity contribution in [2.24, 2.45) is 0 Å². The second-order valence-corrected chi connectivity index (χ2v) is 5.26. The molecule has 0 saturated heterocycles. The number of halogens is 2. The van der Waals surface area contributed by atoms with Gasteiger partial charge in [0.25, 0.3) is 0 Å². The number of carbonyl (C=O) groups is 2. The number of amides is 1. The molecule has 0 saturated carbocycles. The third-order valence-electron chi connectivity index (χ3n) is 3.00. The molecule has 20 heavy (non-hydrogen) atoms. The van der Waals surface area contributed by atoms with E-state index in [1.165, 1.54) is 13.8 Å². The largest absolute Gasteiger partial charge is 0.478 e. The van der Waals surface area contributed by atoms with Crippen LogP contribution in [0.4, 0.5) is 0 Å². The monoisotopic (exact) mass is 315 g/mol. The Balaban J connectivity index is 2.91. The Labute approximate surface area is 127 Å². The van der Waals surface area contributed by atoms with Gasteiger partial charge in [0.2, 0.25) is 5.91 Å². The molecular weight excluding hydrogens is 301 g/mol. The molecule has 1 amide bonds. The van der Waals surface area contributed by atoms with Gasteiger partial charge >= 0.3 is 5.97 Å². The number of hydrogen-bond donors (Lipinski definition) is 2. The van der Waals surface area contributed by atoms with E-state index in [1.54, 1.807) is 25.1 Å². The summed E-state index contributed by atoms with van der Waals surface area (Å²) in [5.41, 5.74) is 0.886. The molecule has 4 nitrogen and oxygen atoms in total. The molecule has 1 aromatic carbocycles. The highest BCUT2D eigenvalue weighted by atomic mass is 35.5. The van der Waals surface area contributed by atoms with E-state index < -0.39 is 11.9 Å². The highest BCUT2D eigenvalue weighted by Crippen LogP contribution is 2.26. The minimum Gasteiger partial charge on any atom is -0.478 e. The topological polar surface area (TPSA) is 66.4 Å². The van der Waals surface area contributed by atoms with Crippen molar-refractivity contribution < 1.29 is 14.7 Å². The smallest absolute Gasteiger partial charge is 0.331 e. The van der Waals surface area contributed by atoms with E-state index in [9.17, 15) is 9.59 Å². The fourth-order valence-electron chi connectivity index (χ4n) is 1.57. The lowest BCUT2D eigenvalue weighted by molar-refractivity contribution is -0.133. The van der Waals surface area contributed by atoms with Crippen molar-refractivity contribution in [3.8, 4) is 0 Å². The van der Waals surface area contributed by atoms with Gasteiger partial charge in [0.15, 0.2) is 0 Å². The number of nitrogens with one attached hydrogen (secondary N) is 1. The lowest BCUT2D eigenvalue weighted by Crippen LogP contribution is -2.28. The van der Waals surface area contributed by atoms with Crippen molar-refractivity contribution in [2.75, 3.05) is 0 Å². The molecule has 0 aromatic heterocycles. The molecule has 0 aliphatic heterocycles. The van der Waals surface area contributed by atoms with Gasteiger partial charge in [-0.2, -0.15) is 0 Å². The van der Waals surface area contributed by atoms with Crippen molar-refractivity contribution in [2.45, 2.75) is 26.8 Å². The highest BCUT2D eigenvalue weighted by Gasteiger charge is 2.17. The van der Waals surface area contributed by atoms with Crippen LogP contribution in [0, 0.1) is 0 Å². The number of carbonyl (C=O) groups excluding carboxylic acids is 1. The van der Waals surface area contributed by atoms with Gasteiger partial charge in [-0.15, -0.1) is 0 Å². The Morgan fingerprint density at radius 1 is 1.20 bits per heavy atom. The molecule has 0 fully saturated rings. The Kier molecular flexibility index (Phi) is 5.60. The molecule has 0 aliphatic carbocycles. The van der Waals surface area contributed by atoms with Gasteiger partial charge in [0, 0.05) is 21.2 Å². The Morgan fingerprint density at radius 3 is 2.30 bits per heavy atom. The molecule has 1 unspecified atom stereocenters. The molecule has 1 aromatic rings. The average molecular weight is 316 g/mol. The van der Waals surface area contributed by atoms with Crippen LogP contribution in [0.1, 0.15) is 32.4 Å². The molecule has 0 aliphatic rings. The molecule has 0 radical (unpaired) electrons. The van der Waals surface area contributed by atoms with Crippen LogP contribution >= 0.6 is 23.2 Å². The van der Waals surface area contributed by atoms with Gasteiger partial charge in [-0.1, -0.05) is 29.3 Å². The molecule has 0 spiro atoms. The molecule has 1 atom stereocenters. The van der Waals surface area contributed by atoms with E-state index >= 15 is 0 Å². The minimum atomic E-state index is -1.12. The number of carboxylic acid groups (broad SMARTS) is 1. The molecule has 108 valence electrons. The fourth-order valence-corrected chi connectivity index (χ4v) is 2.14. The van der Waals surface area contributed by atoms with Gasteiger partial charge < -0.3 is 10.4 Å². The van der Waals surface area contributed by atoms with Crippen LogP contribution in [0.2, 0.25) is 10.0 Å². The van der Waals surface area contributed by atoms with Gasteiger partial charge in [-0.25, -0.2) is 4.79 Å². The lowest BCUT2D eigenvalue weighted by atomic mass is 10.1. The summed E-state index contributed by atoms with van der Waals surface area (Å²) >= 11 is 11.9. The van der Waals surface area contributed by atoms with Crippen molar-refractivity contribution in [3.63, 3.8) is 0 Å². The average Bonchev–Trinajstić information content (AvgIpc) is 2.36. The van der Waals surface area contributed by atoms with Crippen LogP contribution in [0.15, 0.2) is 29.3 Å². The Morgan fingerprint density at radius 2 is 1.80 bits per heavy atom. The van der Waals surface area contributed by atoms with Gasteiger partial charge in [0.05, 0.1) is 6.04 Å². The summed E-state index contributed by atoms with van der Waals surface area (Å²) in [6, 6.07) is 4.63. The minimum absolute atomic E-state index is 0.0110. The van der Waals surface area contributed by atoms with Crippen molar-refractivity contribution in [1.29, 1.82) is 0 Å². The molecule has 2 N–H and O–H groups in total. The summed E-state index contributed by atoms with van der Waals surface area (Å²) in [5, 5.41) is 12.5. The Bertz CT molecular complexity index is 582. The van der Waals surface area contributed by atoms with Crippen LogP contribution < -0.4 is 5.32 Å². The van der Waals surface area contributed by atoms with Crippen LogP contribution in [-0.2, 0) is 9.59 Å². The second-order valence-electron chi connectivity index (χ2n) is 4.42. The van der Waals surface area contributed by atoms with E-state index in [0.29, 0.717) is 15.6 Å². The zero-order chi connectivity index (χ0) is 15.4. The maximum absolute atomic E-state index is 11.9. The molecule has 6 heteroatoms. The Hall–Kier alpha value is -1.52. The van der Waals surface area contributed by atoms with Crippen LogP contribution in [0.5, 0.6) is 0 Å². The first kappa shape index (κ1) is 16.5. The first-order valence-corrected chi connectivity index (χ1v) is 6.66. The van der Waals surface area contributed by atoms with Crippen molar-refractivity contribution >= 4 is 35.1 Å². The van der Waals surface area contributed by atoms with Crippen LogP contribution in [-0.4, -0.2) is 17.0 Å². The predicted molar refractivity (Wildman–Crippen MR) is 79.0 cm³/mol. The SMILES string of the molecule is CC(C(=O)O)=C(C)C(=O)NC(C)c1ccc(Cl)cc1Cl. The second kappa shape index (κ2) is 6.77. The summed E-state index contributed by atoms with van der Waals surface area (Å²) in [4.78, 5) is 22.8. The molecular formula is C14H15Cl2NO3. The van der Waals surface area contributed by atoms with Gasteiger partial charge in [0.1, 0.15) is 0 Å². The zero-order valence-corrected chi connectivity index (χ0v) is 12.8. The third kappa shape index (κ3) is 3.99. The van der Waals surface area contributed by atoms with Crippen LogP contribution in [0.3, 0.4) is 0 Å². The maximum Gasteiger partial charge on any atom is 0.331 e. The zero-order valence-electron chi connectivity index (χ0n) is 11.3. The van der Waals surface area contributed by atoms with Crippen LogP contribution in [0.25, 0.3) is 0 Å². The summed E-state index contributed by atoms with van der Waals surface area (Å²) in [7, 11) is 0. The van der Waals surface area contributed by atoms with E-state index in [1.807, 2.05) is 0 Å². The van der Waals surface area contributed by atoms with E-state index in [0.717, 1.165) is 0 Å². The van der Waals surface area contributed by atoms with Crippen molar-refractivity contribution in [3.05, 3.63) is 45.0 Å². The standard InChI is InChI=1S/C14H15Cl2NO3/c1-7(8(2)14(19)20)13(18)17-9(3)11-5-4-10(15)6-12(11)16/h4-6,9H,1-3H3,(H,17,18)(H,19,20). The predicted octanol–water partition coefficient (Wildman–Crippen LogP) is 3.59. The number of rotatable bonds is 4. The first-order chi connectivity index (χ1) is 9.23. The molecule has 1 rings (SSSR count). The molecule has 0 heterocycles. The number of benzene rings is 1. The fraction of sp³-hybridized carbons (Fsp3) is 0.286. The quantitative estimate of drug-likeness (QED) is 0.834. The van der Waals surface area contributed by atoms with E-state index in [4.69, 9.17) is 28.3 Å². The summed E-state index contributed by atoms with van der Waals surface area (Å²) in [6.45, 7) is 4.61. The normalized spacial score (nSPS) is 13.4. The number of hydrogen-bond acceptors (Lipinski definition) is 2.